The average molecular weight is 571 g/mol. The molecule has 0 bridgehead atoms. The first-order valence-corrected chi connectivity index (χ1v) is 11.6. The molecule has 164 valence electrons. The lowest BCUT2D eigenvalue weighted by Gasteiger charge is -2.14. The molecule has 0 radical (unpaired) electrons. The number of methoxy groups -OCH3 is 3. The van der Waals surface area contributed by atoms with E-state index in [0.717, 1.165) is 21.6 Å². The van der Waals surface area contributed by atoms with Crippen LogP contribution < -0.4 is 19.0 Å². The third kappa shape index (κ3) is 4.97. The quantitative estimate of drug-likeness (QED) is 0.392. The SMILES string of the molecule is CCN=c1scc(-c2cc(OC)c(OC)c(OC)c2)n1N=Cc1cc(Br)c(O)c(Br)c1. The zero-order valence-corrected chi connectivity index (χ0v) is 21.3. The standard InChI is InChI=1S/C21H21Br2N3O4S/c1-5-24-21-26(25-10-12-6-14(22)19(27)15(23)7-12)16(11-31-21)13-8-17(28-2)20(30-4)18(9-13)29-3/h6-11,27H,5H2,1-4H3. The number of phenols is 1. The number of hydrogen-bond acceptors (Lipinski definition) is 7. The fraction of sp³-hybridized carbons (Fsp3) is 0.238. The third-order valence-electron chi connectivity index (χ3n) is 4.30. The minimum absolute atomic E-state index is 0.139. The van der Waals surface area contributed by atoms with Crippen LogP contribution in [0.2, 0.25) is 0 Å². The summed E-state index contributed by atoms with van der Waals surface area (Å²) in [4.78, 5) is 5.30. The highest BCUT2D eigenvalue weighted by atomic mass is 79.9. The molecule has 0 saturated heterocycles. The fourth-order valence-electron chi connectivity index (χ4n) is 2.87. The molecule has 2 aromatic carbocycles. The molecule has 0 saturated carbocycles. The van der Waals surface area contributed by atoms with Crippen molar-refractivity contribution in [2.75, 3.05) is 27.9 Å². The highest BCUT2D eigenvalue weighted by molar-refractivity contribution is 9.11. The van der Waals surface area contributed by atoms with Crippen LogP contribution in [0.1, 0.15) is 12.5 Å². The van der Waals surface area contributed by atoms with Gasteiger partial charge in [0, 0.05) is 17.5 Å². The molecule has 0 aliphatic heterocycles. The normalized spacial score (nSPS) is 11.9. The molecule has 1 aromatic heterocycles. The van der Waals surface area contributed by atoms with E-state index >= 15 is 0 Å². The Kier molecular flexibility index (Phi) is 7.79. The molecule has 3 rings (SSSR count). The molecule has 0 amide bonds. The van der Waals surface area contributed by atoms with Crippen LogP contribution in [0.4, 0.5) is 0 Å². The van der Waals surface area contributed by atoms with Crippen molar-refractivity contribution in [3.8, 4) is 34.3 Å². The van der Waals surface area contributed by atoms with Gasteiger partial charge >= 0.3 is 0 Å². The number of aromatic hydroxyl groups is 1. The van der Waals surface area contributed by atoms with E-state index in [-0.39, 0.29) is 5.75 Å². The summed E-state index contributed by atoms with van der Waals surface area (Å²) in [6, 6.07) is 7.32. The summed E-state index contributed by atoms with van der Waals surface area (Å²) in [6.07, 6.45) is 1.71. The van der Waals surface area contributed by atoms with Crippen molar-refractivity contribution < 1.29 is 19.3 Å². The highest BCUT2D eigenvalue weighted by Gasteiger charge is 2.17. The summed E-state index contributed by atoms with van der Waals surface area (Å²) < 4.78 is 19.3. The van der Waals surface area contributed by atoms with Crippen LogP contribution in [-0.2, 0) is 0 Å². The van der Waals surface area contributed by atoms with Gasteiger partial charge in [0.1, 0.15) is 5.75 Å². The number of hydrogen-bond donors (Lipinski definition) is 1. The van der Waals surface area contributed by atoms with Gasteiger partial charge in [0.25, 0.3) is 0 Å². The molecule has 0 atom stereocenters. The summed E-state index contributed by atoms with van der Waals surface area (Å²) in [7, 11) is 4.74. The van der Waals surface area contributed by atoms with E-state index in [4.69, 9.17) is 14.2 Å². The maximum atomic E-state index is 9.94. The van der Waals surface area contributed by atoms with Gasteiger partial charge in [0.05, 0.1) is 42.2 Å². The Morgan fingerprint density at radius 3 is 2.16 bits per heavy atom. The first-order chi connectivity index (χ1) is 14.9. The van der Waals surface area contributed by atoms with Crippen LogP contribution in [0.3, 0.4) is 0 Å². The predicted molar refractivity (Wildman–Crippen MR) is 130 cm³/mol. The molecular formula is C21H21Br2N3O4S. The van der Waals surface area contributed by atoms with Gasteiger partial charge < -0.3 is 19.3 Å². The summed E-state index contributed by atoms with van der Waals surface area (Å²) in [5.41, 5.74) is 2.46. The Morgan fingerprint density at radius 2 is 1.65 bits per heavy atom. The van der Waals surface area contributed by atoms with E-state index in [0.29, 0.717) is 32.7 Å². The molecule has 1 heterocycles. The Bertz CT molecular complexity index is 1140. The van der Waals surface area contributed by atoms with E-state index < -0.39 is 0 Å². The molecule has 3 aromatic rings. The van der Waals surface area contributed by atoms with Crippen molar-refractivity contribution in [1.82, 2.24) is 4.68 Å². The van der Waals surface area contributed by atoms with Crippen LogP contribution in [0.5, 0.6) is 23.0 Å². The second kappa shape index (κ2) is 10.3. The Balaban J connectivity index is 2.16. The van der Waals surface area contributed by atoms with Gasteiger partial charge in [-0.25, -0.2) is 4.68 Å². The summed E-state index contributed by atoms with van der Waals surface area (Å²) >= 11 is 8.18. The minimum Gasteiger partial charge on any atom is -0.506 e. The van der Waals surface area contributed by atoms with E-state index in [1.807, 2.05) is 24.4 Å². The van der Waals surface area contributed by atoms with E-state index in [2.05, 4.69) is 42.0 Å². The Hall–Kier alpha value is -2.30. The Morgan fingerprint density at radius 1 is 1.03 bits per heavy atom. The molecule has 0 aliphatic rings. The van der Waals surface area contributed by atoms with Crippen molar-refractivity contribution in [2.24, 2.45) is 10.1 Å². The molecule has 1 N–H and O–H groups in total. The third-order valence-corrected chi connectivity index (χ3v) is 6.36. The average Bonchev–Trinajstić information content (AvgIpc) is 3.17. The number of nitrogens with zero attached hydrogens (tertiary/aromatic N) is 3. The van der Waals surface area contributed by atoms with Crippen molar-refractivity contribution in [3.63, 3.8) is 0 Å². The number of thiazole rings is 1. The van der Waals surface area contributed by atoms with Gasteiger partial charge in [-0.15, -0.1) is 11.3 Å². The molecule has 0 spiro atoms. The van der Waals surface area contributed by atoms with Gasteiger partial charge in [-0.05, 0) is 68.6 Å². The molecule has 7 nitrogen and oxygen atoms in total. The maximum absolute atomic E-state index is 9.94. The van der Waals surface area contributed by atoms with Crippen LogP contribution in [0.25, 0.3) is 11.3 Å². The van der Waals surface area contributed by atoms with Crippen LogP contribution in [-0.4, -0.2) is 43.9 Å². The van der Waals surface area contributed by atoms with Crippen molar-refractivity contribution in [2.45, 2.75) is 6.92 Å². The zero-order valence-electron chi connectivity index (χ0n) is 17.3. The van der Waals surface area contributed by atoms with Crippen molar-refractivity contribution >= 4 is 49.4 Å². The van der Waals surface area contributed by atoms with Crippen LogP contribution in [0, 0.1) is 0 Å². The van der Waals surface area contributed by atoms with E-state index in [9.17, 15) is 5.11 Å². The monoisotopic (exact) mass is 569 g/mol. The lowest BCUT2D eigenvalue weighted by molar-refractivity contribution is 0.324. The lowest BCUT2D eigenvalue weighted by atomic mass is 10.1. The first-order valence-electron chi connectivity index (χ1n) is 9.17. The van der Waals surface area contributed by atoms with Crippen LogP contribution in [0.15, 0.2) is 48.7 Å². The first kappa shape index (κ1) is 23.4. The zero-order chi connectivity index (χ0) is 22.5. The molecular weight excluding hydrogens is 550 g/mol. The predicted octanol–water partition coefficient (Wildman–Crippen LogP) is 5.28. The number of phenolic OH excluding ortho intramolecular Hbond substituents is 1. The summed E-state index contributed by atoms with van der Waals surface area (Å²) in [6.45, 7) is 2.60. The molecule has 31 heavy (non-hydrogen) atoms. The minimum atomic E-state index is 0.139. The van der Waals surface area contributed by atoms with Gasteiger partial charge in [0.2, 0.25) is 10.6 Å². The van der Waals surface area contributed by atoms with Crippen LogP contribution >= 0.6 is 43.2 Å². The van der Waals surface area contributed by atoms with Gasteiger partial charge in [0.15, 0.2) is 11.5 Å². The highest BCUT2D eigenvalue weighted by Crippen LogP contribution is 2.41. The number of aromatic nitrogens is 1. The number of ether oxygens (including phenoxy) is 3. The number of halogens is 2. The number of rotatable bonds is 7. The largest absolute Gasteiger partial charge is 0.506 e. The van der Waals surface area contributed by atoms with Gasteiger partial charge in [-0.1, -0.05) is 0 Å². The molecule has 0 fully saturated rings. The molecule has 0 unspecified atom stereocenters. The molecule has 0 aliphatic carbocycles. The van der Waals surface area contributed by atoms with Crippen molar-refractivity contribution in [3.05, 3.63) is 49.0 Å². The Labute approximate surface area is 200 Å². The number of benzene rings is 2. The molecule has 10 heteroatoms. The summed E-state index contributed by atoms with van der Waals surface area (Å²) in [5, 5.41) is 16.6. The summed E-state index contributed by atoms with van der Waals surface area (Å²) in [5.74, 6) is 1.77. The second-order valence-corrected chi connectivity index (χ2v) is 8.73. The lowest BCUT2D eigenvalue weighted by Crippen LogP contribution is -2.12. The second-order valence-electron chi connectivity index (χ2n) is 6.18. The fourth-order valence-corrected chi connectivity index (χ4v) is 4.99. The maximum Gasteiger partial charge on any atom is 0.206 e. The van der Waals surface area contributed by atoms with Crippen molar-refractivity contribution in [1.29, 1.82) is 0 Å². The van der Waals surface area contributed by atoms with E-state index in [1.54, 1.807) is 44.4 Å². The smallest absolute Gasteiger partial charge is 0.206 e. The van der Waals surface area contributed by atoms with E-state index in [1.165, 1.54) is 11.3 Å². The topological polar surface area (TPSA) is 77.6 Å². The van der Waals surface area contributed by atoms with Gasteiger partial charge in [-0.3, -0.25) is 4.99 Å². The van der Waals surface area contributed by atoms with Gasteiger partial charge in [-0.2, -0.15) is 5.10 Å².